The van der Waals surface area contributed by atoms with E-state index >= 15 is 0 Å². The standard InChI is InChI=1S/C9H17NO3/c1-3-8(9(12)13)4-5-10-7(2)6-11/h4,7,10-11H,3,5-6H2,1-2H3,(H,12,13). The largest absolute Gasteiger partial charge is 0.478 e. The third kappa shape index (κ3) is 5.38. The van der Waals surface area contributed by atoms with Crippen molar-refractivity contribution in [3.8, 4) is 0 Å². The summed E-state index contributed by atoms with van der Waals surface area (Å²) in [6, 6.07) is 0.00292. The molecule has 0 heterocycles. The summed E-state index contributed by atoms with van der Waals surface area (Å²) in [5.41, 5.74) is 0.401. The molecule has 3 N–H and O–H groups in total. The molecule has 1 unspecified atom stereocenters. The normalized spacial score (nSPS) is 14.2. The van der Waals surface area contributed by atoms with Gasteiger partial charge in [-0.1, -0.05) is 13.0 Å². The molecule has 0 aromatic carbocycles. The van der Waals surface area contributed by atoms with Crippen LogP contribution in [0.2, 0.25) is 0 Å². The monoisotopic (exact) mass is 187 g/mol. The predicted molar refractivity (Wildman–Crippen MR) is 50.6 cm³/mol. The van der Waals surface area contributed by atoms with Gasteiger partial charge in [-0.25, -0.2) is 4.79 Å². The van der Waals surface area contributed by atoms with E-state index in [1.54, 1.807) is 13.0 Å². The quantitative estimate of drug-likeness (QED) is 0.526. The van der Waals surface area contributed by atoms with Crippen molar-refractivity contribution in [2.75, 3.05) is 13.2 Å². The number of hydrogen-bond acceptors (Lipinski definition) is 3. The molecule has 0 aliphatic carbocycles. The molecule has 0 bridgehead atoms. The zero-order valence-electron chi connectivity index (χ0n) is 8.08. The number of nitrogens with one attached hydrogen (secondary N) is 1. The first-order valence-corrected chi connectivity index (χ1v) is 4.38. The first-order chi connectivity index (χ1) is 6.11. The number of carbonyl (C=O) groups is 1. The highest BCUT2D eigenvalue weighted by molar-refractivity contribution is 5.86. The number of aliphatic hydroxyl groups excluding tert-OH is 1. The Labute approximate surface area is 78.3 Å². The fourth-order valence-corrected chi connectivity index (χ4v) is 0.831. The lowest BCUT2D eigenvalue weighted by Gasteiger charge is -2.08. The molecule has 0 aliphatic heterocycles. The van der Waals surface area contributed by atoms with E-state index in [9.17, 15) is 4.79 Å². The van der Waals surface area contributed by atoms with E-state index in [1.807, 2.05) is 6.92 Å². The second kappa shape index (κ2) is 6.62. The van der Waals surface area contributed by atoms with Crippen molar-refractivity contribution in [3.63, 3.8) is 0 Å². The van der Waals surface area contributed by atoms with Gasteiger partial charge in [0, 0.05) is 18.2 Å². The Morgan fingerprint density at radius 2 is 2.23 bits per heavy atom. The van der Waals surface area contributed by atoms with E-state index in [1.165, 1.54) is 0 Å². The molecule has 0 aliphatic rings. The third-order valence-corrected chi connectivity index (χ3v) is 1.74. The lowest BCUT2D eigenvalue weighted by Crippen LogP contribution is -2.29. The maximum atomic E-state index is 10.5. The Morgan fingerprint density at radius 1 is 1.62 bits per heavy atom. The molecule has 0 spiro atoms. The van der Waals surface area contributed by atoms with Gasteiger partial charge in [0.05, 0.1) is 6.61 Å². The Kier molecular flexibility index (Phi) is 6.18. The van der Waals surface area contributed by atoms with E-state index in [2.05, 4.69) is 5.32 Å². The molecular weight excluding hydrogens is 170 g/mol. The molecule has 0 aromatic rings. The van der Waals surface area contributed by atoms with Gasteiger partial charge >= 0.3 is 5.97 Å². The second-order valence-electron chi connectivity index (χ2n) is 2.88. The summed E-state index contributed by atoms with van der Waals surface area (Å²) in [6.07, 6.45) is 2.15. The van der Waals surface area contributed by atoms with Crippen LogP contribution in [-0.4, -0.2) is 35.4 Å². The molecular formula is C9H17NO3. The van der Waals surface area contributed by atoms with E-state index in [0.717, 1.165) is 0 Å². The molecule has 0 saturated heterocycles. The van der Waals surface area contributed by atoms with Crippen molar-refractivity contribution in [3.05, 3.63) is 11.6 Å². The zero-order chi connectivity index (χ0) is 10.3. The molecule has 13 heavy (non-hydrogen) atoms. The maximum absolute atomic E-state index is 10.5. The van der Waals surface area contributed by atoms with Crippen LogP contribution in [0.3, 0.4) is 0 Å². The van der Waals surface area contributed by atoms with E-state index in [0.29, 0.717) is 18.5 Å². The second-order valence-corrected chi connectivity index (χ2v) is 2.88. The lowest BCUT2D eigenvalue weighted by atomic mass is 10.2. The fourth-order valence-electron chi connectivity index (χ4n) is 0.831. The van der Waals surface area contributed by atoms with Gasteiger partial charge in [0.2, 0.25) is 0 Å². The van der Waals surface area contributed by atoms with Crippen molar-refractivity contribution in [1.29, 1.82) is 0 Å². The van der Waals surface area contributed by atoms with Crippen molar-refractivity contribution < 1.29 is 15.0 Å². The van der Waals surface area contributed by atoms with Crippen LogP contribution < -0.4 is 5.32 Å². The predicted octanol–water partition coefficient (Wildman–Crippen LogP) is 0.378. The van der Waals surface area contributed by atoms with Crippen LogP contribution in [0.15, 0.2) is 11.6 Å². The minimum Gasteiger partial charge on any atom is -0.478 e. The maximum Gasteiger partial charge on any atom is 0.331 e. The van der Waals surface area contributed by atoms with Gasteiger partial charge < -0.3 is 15.5 Å². The number of carboxylic acids is 1. The molecule has 0 rings (SSSR count). The van der Waals surface area contributed by atoms with Crippen LogP contribution in [0.25, 0.3) is 0 Å². The van der Waals surface area contributed by atoms with Gasteiger partial charge in [-0.3, -0.25) is 0 Å². The van der Waals surface area contributed by atoms with Gasteiger partial charge in [-0.2, -0.15) is 0 Å². The molecule has 76 valence electrons. The number of carboxylic acid groups (broad SMARTS) is 1. The summed E-state index contributed by atoms with van der Waals surface area (Å²) >= 11 is 0. The average molecular weight is 187 g/mol. The Hall–Kier alpha value is -0.870. The van der Waals surface area contributed by atoms with E-state index in [4.69, 9.17) is 10.2 Å². The van der Waals surface area contributed by atoms with Crippen molar-refractivity contribution in [2.24, 2.45) is 0 Å². The van der Waals surface area contributed by atoms with Gasteiger partial charge in [0.1, 0.15) is 0 Å². The summed E-state index contributed by atoms with van der Waals surface area (Å²) in [7, 11) is 0. The molecule has 0 radical (unpaired) electrons. The molecule has 0 aromatic heterocycles. The smallest absolute Gasteiger partial charge is 0.331 e. The Balaban J connectivity index is 3.87. The molecule has 0 saturated carbocycles. The Bertz CT molecular complexity index is 189. The number of hydrogen-bond donors (Lipinski definition) is 3. The van der Waals surface area contributed by atoms with E-state index < -0.39 is 5.97 Å². The van der Waals surface area contributed by atoms with Crippen LogP contribution in [0.5, 0.6) is 0 Å². The van der Waals surface area contributed by atoms with Crippen LogP contribution in [0.1, 0.15) is 20.3 Å². The number of aliphatic carboxylic acids is 1. The molecule has 1 atom stereocenters. The zero-order valence-corrected chi connectivity index (χ0v) is 8.08. The van der Waals surface area contributed by atoms with Crippen molar-refractivity contribution >= 4 is 5.97 Å². The van der Waals surface area contributed by atoms with Gasteiger partial charge in [-0.05, 0) is 13.3 Å². The summed E-state index contributed by atoms with van der Waals surface area (Å²) in [5, 5.41) is 20.3. The Morgan fingerprint density at radius 3 is 2.62 bits per heavy atom. The first-order valence-electron chi connectivity index (χ1n) is 4.38. The molecule has 0 amide bonds. The first kappa shape index (κ1) is 12.1. The van der Waals surface area contributed by atoms with Crippen molar-refractivity contribution in [1.82, 2.24) is 5.32 Å². The van der Waals surface area contributed by atoms with Gasteiger partial charge in [0.25, 0.3) is 0 Å². The highest BCUT2D eigenvalue weighted by Gasteiger charge is 2.03. The van der Waals surface area contributed by atoms with Crippen LogP contribution >= 0.6 is 0 Å². The number of rotatable bonds is 6. The molecule has 4 heteroatoms. The van der Waals surface area contributed by atoms with Gasteiger partial charge in [-0.15, -0.1) is 0 Å². The topological polar surface area (TPSA) is 69.6 Å². The highest BCUT2D eigenvalue weighted by atomic mass is 16.4. The molecule has 0 fully saturated rings. The minimum atomic E-state index is -0.874. The van der Waals surface area contributed by atoms with Crippen LogP contribution in [0, 0.1) is 0 Å². The number of aliphatic hydroxyl groups is 1. The average Bonchev–Trinajstić information content (AvgIpc) is 2.11. The lowest BCUT2D eigenvalue weighted by molar-refractivity contribution is -0.132. The van der Waals surface area contributed by atoms with Crippen LogP contribution in [0.4, 0.5) is 0 Å². The minimum absolute atomic E-state index is 0.00292. The fraction of sp³-hybridized carbons (Fsp3) is 0.667. The highest BCUT2D eigenvalue weighted by Crippen LogP contribution is 1.98. The third-order valence-electron chi connectivity index (χ3n) is 1.74. The van der Waals surface area contributed by atoms with Crippen molar-refractivity contribution in [2.45, 2.75) is 26.3 Å². The summed E-state index contributed by atoms with van der Waals surface area (Å²) in [4.78, 5) is 10.5. The van der Waals surface area contributed by atoms with Crippen LogP contribution in [-0.2, 0) is 4.79 Å². The summed E-state index contributed by atoms with van der Waals surface area (Å²) in [6.45, 7) is 4.18. The molecule has 4 nitrogen and oxygen atoms in total. The van der Waals surface area contributed by atoms with E-state index in [-0.39, 0.29) is 12.6 Å². The summed E-state index contributed by atoms with van der Waals surface area (Å²) in [5.74, 6) is -0.874. The summed E-state index contributed by atoms with van der Waals surface area (Å²) < 4.78 is 0. The SMILES string of the molecule is CCC(=CCNC(C)CO)C(=O)O. The van der Waals surface area contributed by atoms with Gasteiger partial charge in [0.15, 0.2) is 0 Å².